The highest BCUT2D eigenvalue weighted by Gasteiger charge is 2.94. The number of carbonyl (C=O) groups is 1. The Hall–Kier alpha value is -0.610. The standard InChI is InChI=1S/C30H48O4/c1-18(2)19(3)8-9-20(4)23-10-11-24-26(23,6)17-25-30(33-25)27(7)13-12-22(32-21(5)31)16-28(27)14-15-29(24,30)34-28/h18-20,22-25H,8-17H2,1-7H3/t19-,20+,22?,23?,24?,25?,26?,27?,28?,29?,30?/m0/s1. The molecule has 3 aliphatic heterocycles. The third-order valence-corrected chi connectivity index (χ3v) is 12.8. The number of esters is 1. The Bertz CT molecular complexity index is 870. The van der Waals surface area contributed by atoms with Gasteiger partial charge >= 0.3 is 5.97 Å². The highest BCUT2D eigenvalue weighted by Crippen LogP contribution is 2.85. The van der Waals surface area contributed by atoms with E-state index in [2.05, 4.69) is 41.5 Å². The van der Waals surface area contributed by atoms with Crippen LogP contribution in [-0.2, 0) is 19.0 Å². The van der Waals surface area contributed by atoms with Crippen molar-refractivity contribution in [2.75, 3.05) is 0 Å². The van der Waals surface area contributed by atoms with Gasteiger partial charge in [-0.05, 0) is 80.0 Å². The van der Waals surface area contributed by atoms with Gasteiger partial charge in [0.1, 0.15) is 17.3 Å². The molecule has 6 fully saturated rings. The largest absolute Gasteiger partial charge is 0.462 e. The third-order valence-electron chi connectivity index (χ3n) is 12.8. The van der Waals surface area contributed by atoms with Gasteiger partial charge in [-0.3, -0.25) is 4.79 Å². The Balaban J connectivity index is 1.28. The summed E-state index contributed by atoms with van der Waals surface area (Å²) in [6.07, 6.45) is 12.0. The van der Waals surface area contributed by atoms with Crippen molar-refractivity contribution >= 4 is 5.97 Å². The second-order valence-corrected chi connectivity index (χ2v) is 14.4. The van der Waals surface area contributed by atoms with Gasteiger partial charge in [-0.2, -0.15) is 0 Å². The first-order chi connectivity index (χ1) is 15.9. The van der Waals surface area contributed by atoms with Crippen molar-refractivity contribution in [1.82, 2.24) is 0 Å². The first-order valence-corrected chi connectivity index (χ1v) is 14.5. The molecular formula is C30H48O4. The zero-order valence-electron chi connectivity index (χ0n) is 22.7. The summed E-state index contributed by atoms with van der Waals surface area (Å²) in [6.45, 7) is 16.3. The fraction of sp³-hybridized carbons (Fsp3) is 0.967. The van der Waals surface area contributed by atoms with Gasteiger partial charge in [0.25, 0.3) is 0 Å². The molecule has 2 bridgehead atoms. The van der Waals surface area contributed by atoms with Crippen LogP contribution < -0.4 is 0 Å². The van der Waals surface area contributed by atoms with E-state index in [0.29, 0.717) is 17.4 Å². The van der Waals surface area contributed by atoms with Gasteiger partial charge in [-0.15, -0.1) is 0 Å². The predicted octanol–water partition coefficient (Wildman–Crippen LogP) is 6.69. The molecule has 34 heavy (non-hydrogen) atoms. The Kier molecular flexibility index (Phi) is 5.06. The SMILES string of the molecule is CC(=O)OC1CCC2(C)C3(CCC4(O3)C3CCC([C@H](C)CC[C@H](C)C(C)C)C3(C)CC3OC342)C1. The monoisotopic (exact) mass is 472 g/mol. The molecule has 0 radical (unpaired) electrons. The maximum absolute atomic E-state index is 11.7. The number of epoxide rings is 1. The first kappa shape index (κ1) is 23.8. The van der Waals surface area contributed by atoms with Gasteiger partial charge in [0.05, 0.1) is 11.7 Å². The summed E-state index contributed by atoms with van der Waals surface area (Å²) in [5, 5.41) is 0. The van der Waals surface area contributed by atoms with E-state index < -0.39 is 0 Å². The number of rotatable bonds is 6. The van der Waals surface area contributed by atoms with Crippen LogP contribution in [0.3, 0.4) is 0 Å². The molecule has 6 rings (SSSR count). The molecule has 0 aromatic rings. The average molecular weight is 473 g/mol. The number of hydrogen-bond acceptors (Lipinski definition) is 4. The zero-order valence-corrected chi connectivity index (χ0v) is 22.7. The highest BCUT2D eigenvalue weighted by atomic mass is 16.7. The van der Waals surface area contributed by atoms with Crippen molar-refractivity contribution in [2.45, 2.75) is 142 Å². The molecule has 3 spiro atoms. The molecule has 0 N–H and O–H groups in total. The van der Waals surface area contributed by atoms with E-state index >= 15 is 0 Å². The van der Waals surface area contributed by atoms with Crippen LogP contribution >= 0.6 is 0 Å². The lowest BCUT2D eigenvalue weighted by molar-refractivity contribution is -0.168. The fourth-order valence-electron chi connectivity index (χ4n) is 10.8. The summed E-state index contributed by atoms with van der Waals surface area (Å²) in [5.41, 5.74) is -0.0208. The number of hydrogen-bond donors (Lipinski definition) is 0. The molecule has 4 nitrogen and oxygen atoms in total. The minimum absolute atomic E-state index is 0.000146. The normalized spacial score (nSPS) is 54.1. The molecule has 4 heteroatoms. The molecule has 0 aromatic heterocycles. The van der Waals surface area contributed by atoms with E-state index in [0.717, 1.165) is 55.8 Å². The summed E-state index contributed by atoms with van der Waals surface area (Å²) in [5.74, 6) is 3.56. The predicted molar refractivity (Wildman–Crippen MR) is 132 cm³/mol. The maximum atomic E-state index is 11.7. The maximum Gasteiger partial charge on any atom is 0.302 e. The quantitative estimate of drug-likeness (QED) is 0.319. The molecular weight excluding hydrogens is 424 g/mol. The van der Waals surface area contributed by atoms with Crippen molar-refractivity contribution in [2.24, 2.45) is 40.4 Å². The van der Waals surface area contributed by atoms with Crippen molar-refractivity contribution < 1.29 is 19.0 Å². The lowest BCUT2D eigenvalue weighted by Gasteiger charge is -2.56. The average Bonchev–Trinajstić information content (AvgIpc) is 3.12. The van der Waals surface area contributed by atoms with Crippen LogP contribution in [-0.4, -0.2) is 35.0 Å². The topological polar surface area (TPSA) is 48.1 Å². The third kappa shape index (κ3) is 2.66. The van der Waals surface area contributed by atoms with E-state index in [-0.39, 0.29) is 34.3 Å². The van der Waals surface area contributed by atoms with Gasteiger partial charge in [0.15, 0.2) is 0 Å². The van der Waals surface area contributed by atoms with Crippen LogP contribution in [0.4, 0.5) is 0 Å². The summed E-state index contributed by atoms with van der Waals surface area (Å²) < 4.78 is 20.1. The second kappa shape index (κ2) is 7.24. The first-order valence-electron chi connectivity index (χ1n) is 14.5. The minimum atomic E-state index is -0.179. The molecule has 6 aliphatic rings. The van der Waals surface area contributed by atoms with Crippen molar-refractivity contribution in [3.8, 4) is 0 Å². The molecule has 3 aliphatic carbocycles. The molecule has 0 amide bonds. The summed E-state index contributed by atoms with van der Waals surface area (Å²) in [4.78, 5) is 11.7. The number of ether oxygens (including phenoxy) is 3. The van der Waals surface area contributed by atoms with Crippen molar-refractivity contribution in [3.63, 3.8) is 0 Å². The Labute approximate surface area is 207 Å². The van der Waals surface area contributed by atoms with Crippen LogP contribution in [0, 0.1) is 40.4 Å². The lowest BCUT2D eigenvalue weighted by atomic mass is 9.44. The van der Waals surface area contributed by atoms with Crippen LogP contribution in [0.2, 0.25) is 0 Å². The highest BCUT2D eigenvalue weighted by molar-refractivity contribution is 5.66. The second-order valence-electron chi connectivity index (χ2n) is 14.4. The molecule has 0 aromatic carbocycles. The molecule has 3 saturated heterocycles. The fourth-order valence-corrected chi connectivity index (χ4v) is 10.8. The lowest BCUT2D eigenvalue weighted by Crippen LogP contribution is -2.65. The molecule has 192 valence electrons. The van der Waals surface area contributed by atoms with E-state index in [9.17, 15) is 4.79 Å². The van der Waals surface area contributed by atoms with Crippen LogP contribution in [0.5, 0.6) is 0 Å². The Morgan fingerprint density at radius 1 is 1.00 bits per heavy atom. The Morgan fingerprint density at radius 2 is 1.76 bits per heavy atom. The van der Waals surface area contributed by atoms with E-state index in [1.54, 1.807) is 6.92 Å². The van der Waals surface area contributed by atoms with Gasteiger partial charge in [0, 0.05) is 18.8 Å². The minimum Gasteiger partial charge on any atom is -0.462 e. The number of fused-ring (bicyclic) bond motifs is 1. The van der Waals surface area contributed by atoms with E-state index in [1.807, 2.05) is 0 Å². The van der Waals surface area contributed by atoms with Crippen LogP contribution in [0.15, 0.2) is 0 Å². The Morgan fingerprint density at radius 3 is 2.47 bits per heavy atom. The summed E-state index contributed by atoms with van der Waals surface area (Å²) in [7, 11) is 0. The molecule has 3 saturated carbocycles. The molecule has 9 unspecified atom stereocenters. The molecule has 3 heterocycles. The van der Waals surface area contributed by atoms with E-state index in [4.69, 9.17) is 14.2 Å². The summed E-state index contributed by atoms with van der Waals surface area (Å²) in [6, 6.07) is 0. The van der Waals surface area contributed by atoms with E-state index in [1.165, 1.54) is 32.1 Å². The summed E-state index contributed by atoms with van der Waals surface area (Å²) >= 11 is 0. The van der Waals surface area contributed by atoms with Crippen LogP contribution in [0.25, 0.3) is 0 Å². The smallest absolute Gasteiger partial charge is 0.302 e. The van der Waals surface area contributed by atoms with Gasteiger partial charge < -0.3 is 14.2 Å². The number of carbonyl (C=O) groups excluding carboxylic acids is 1. The van der Waals surface area contributed by atoms with Crippen LogP contribution in [0.1, 0.15) is 113 Å². The van der Waals surface area contributed by atoms with Gasteiger partial charge in [-0.25, -0.2) is 0 Å². The van der Waals surface area contributed by atoms with Gasteiger partial charge in [0.2, 0.25) is 0 Å². The molecule has 11 atom stereocenters. The zero-order chi connectivity index (χ0) is 24.3. The van der Waals surface area contributed by atoms with Crippen molar-refractivity contribution in [3.05, 3.63) is 0 Å². The van der Waals surface area contributed by atoms with Crippen molar-refractivity contribution in [1.29, 1.82) is 0 Å². The van der Waals surface area contributed by atoms with Gasteiger partial charge in [-0.1, -0.05) is 54.4 Å².